The van der Waals surface area contributed by atoms with Gasteiger partial charge in [0.05, 0.1) is 7.11 Å². The summed E-state index contributed by atoms with van der Waals surface area (Å²) in [5.74, 6) is -1.19. The third-order valence-corrected chi connectivity index (χ3v) is 6.50. The van der Waals surface area contributed by atoms with E-state index in [2.05, 4.69) is 14.7 Å². The fourth-order valence-corrected chi connectivity index (χ4v) is 4.48. The van der Waals surface area contributed by atoms with Crippen LogP contribution >= 0.6 is 11.8 Å². The van der Waals surface area contributed by atoms with Gasteiger partial charge < -0.3 is 9.64 Å². The summed E-state index contributed by atoms with van der Waals surface area (Å²) >= 11 is -0.469. The number of halogens is 2. The summed E-state index contributed by atoms with van der Waals surface area (Å²) in [5.41, 5.74) is 0.188. The number of hydrogen-bond donors (Lipinski definition) is 1. The van der Waals surface area contributed by atoms with E-state index < -0.39 is 22.8 Å². The molecule has 1 fully saturated rings. The summed E-state index contributed by atoms with van der Waals surface area (Å²) in [6, 6.07) is 5.47. The second kappa shape index (κ2) is 10.1. The van der Waals surface area contributed by atoms with E-state index in [0.717, 1.165) is 17.8 Å². The van der Waals surface area contributed by atoms with Gasteiger partial charge in [0.1, 0.15) is 5.82 Å². The maximum atomic E-state index is 13.8. The van der Waals surface area contributed by atoms with Crippen molar-refractivity contribution in [1.82, 2.24) is 19.2 Å². The molecule has 2 heterocycles. The van der Waals surface area contributed by atoms with Crippen LogP contribution in [0.25, 0.3) is 0 Å². The lowest BCUT2D eigenvalue weighted by atomic mass is 10.2. The van der Waals surface area contributed by atoms with Gasteiger partial charge >= 0.3 is 0 Å². The molecule has 1 aromatic heterocycles. The molecule has 0 saturated carbocycles. The number of amides is 1. The number of thioether (sulfide) groups is 1. The molecule has 1 aliphatic rings. The Morgan fingerprint density at radius 1 is 1.27 bits per heavy atom. The Kier molecular flexibility index (Phi) is 7.56. The topological polar surface area (TPSA) is 87.7 Å². The largest absolute Gasteiger partial charge is 0.481 e. The Labute approximate surface area is 179 Å². The van der Waals surface area contributed by atoms with Crippen LogP contribution in [0.1, 0.15) is 12.5 Å². The second-order valence-corrected chi connectivity index (χ2v) is 8.53. The van der Waals surface area contributed by atoms with Crippen LogP contribution in [0, 0.1) is 11.6 Å². The highest BCUT2D eigenvalue weighted by atomic mass is 32.2. The number of carbonyl (C=O) groups excluding carboxylic acids is 1. The summed E-state index contributed by atoms with van der Waals surface area (Å²) < 4.78 is 49.5. The molecule has 3 rings (SSSR count). The standard InChI is InChI=1S/C18H21F2N5O3S2/c1-12(26)24-6-8-25(9-7-24)30(27)23-15-10-16(28-2)22-18(21-15)29-11-13-4-3-5-14(19)17(13)20/h3-5,10H,6-9,11H2,1-2H3,(H,21,22,23). The van der Waals surface area contributed by atoms with Gasteiger partial charge in [-0.1, -0.05) is 23.9 Å². The number of hydrogen-bond acceptors (Lipinski definition) is 6. The van der Waals surface area contributed by atoms with Crippen molar-refractivity contribution in [2.24, 2.45) is 0 Å². The van der Waals surface area contributed by atoms with Crippen LogP contribution in [-0.2, 0) is 21.7 Å². The Balaban J connectivity index is 1.66. The number of anilines is 1. The van der Waals surface area contributed by atoms with Gasteiger partial charge in [-0.2, -0.15) is 4.98 Å². The Hall–Kier alpha value is -2.31. The highest BCUT2D eigenvalue weighted by Crippen LogP contribution is 2.26. The van der Waals surface area contributed by atoms with Gasteiger partial charge in [0.15, 0.2) is 28.0 Å². The molecule has 30 heavy (non-hydrogen) atoms. The first-order chi connectivity index (χ1) is 14.4. The van der Waals surface area contributed by atoms with E-state index in [4.69, 9.17) is 4.74 Å². The molecule has 2 aromatic rings. The van der Waals surface area contributed by atoms with Crippen LogP contribution in [0.2, 0.25) is 0 Å². The van der Waals surface area contributed by atoms with Crippen molar-refractivity contribution in [3.05, 3.63) is 41.5 Å². The average molecular weight is 458 g/mol. The molecule has 162 valence electrons. The number of ether oxygens (including phenoxy) is 1. The Morgan fingerprint density at radius 3 is 2.67 bits per heavy atom. The molecule has 0 bridgehead atoms. The number of nitrogens with one attached hydrogen (secondary N) is 1. The van der Waals surface area contributed by atoms with Gasteiger partial charge in [-0.15, -0.1) is 0 Å². The summed E-state index contributed by atoms with van der Waals surface area (Å²) in [7, 11) is 1.44. The SMILES string of the molecule is COc1cc(NS(=O)N2CCN(C(C)=O)CC2)nc(SCc2cccc(F)c2F)n1. The monoisotopic (exact) mass is 457 g/mol. The number of aromatic nitrogens is 2. The predicted molar refractivity (Wildman–Crippen MR) is 110 cm³/mol. The van der Waals surface area contributed by atoms with Crippen LogP contribution < -0.4 is 9.46 Å². The summed E-state index contributed by atoms with van der Waals surface area (Å²) in [5, 5.41) is 0.263. The minimum atomic E-state index is -1.57. The van der Waals surface area contributed by atoms with Crippen LogP contribution in [0.15, 0.2) is 29.4 Å². The van der Waals surface area contributed by atoms with E-state index in [1.165, 1.54) is 32.2 Å². The summed E-state index contributed by atoms with van der Waals surface area (Å²) in [6.07, 6.45) is 0. The molecule has 1 aliphatic heterocycles. The number of piperazine rings is 1. The quantitative estimate of drug-likeness (QED) is 0.507. The number of carbonyl (C=O) groups is 1. The summed E-state index contributed by atoms with van der Waals surface area (Å²) in [4.78, 5) is 21.6. The minimum absolute atomic E-state index is 0.00895. The van der Waals surface area contributed by atoms with Gasteiger partial charge in [-0.3, -0.25) is 9.52 Å². The van der Waals surface area contributed by atoms with Crippen molar-refractivity contribution >= 4 is 34.7 Å². The predicted octanol–water partition coefficient (Wildman–Crippen LogP) is 2.21. The van der Waals surface area contributed by atoms with E-state index >= 15 is 0 Å². The smallest absolute Gasteiger partial charge is 0.219 e. The first-order valence-electron chi connectivity index (χ1n) is 9.05. The fourth-order valence-electron chi connectivity index (χ4n) is 2.75. The van der Waals surface area contributed by atoms with Crippen LogP contribution in [0.4, 0.5) is 14.6 Å². The maximum absolute atomic E-state index is 13.8. The van der Waals surface area contributed by atoms with Gasteiger partial charge in [0.25, 0.3) is 0 Å². The third kappa shape index (κ3) is 5.64. The molecule has 0 spiro atoms. The molecular weight excluding hydrogens is 436 g/mol. The summed E-state index contributed by atoms with van der Waals surface area (Å²) in [6.45, 7) is 3.42. The highest BCUT2D eigenvalue weighted by Gasteiger charge is 2.23. The second-order valence-electron chi connectivity index (χ2n) is 6.37. The molecule has 0 radical (unpaired) electrons. The Morgan fingerprint density at radius 2 is 2.00 bits per heavy atom. The molecular formula is C18H21F2N5O3S2. The van der Waals surface area contributed by atoms with Crippen molar-refractivity contribution < 1.29 is 22.5 Å². The lowest BCUT2D eigenvalue weighted by molar-refractivity contribution is -0.129. The van der Waals surface area contributed by atoms with Crippen molar-refractivity contribution in [2.75, 3.05) is 38.0 Å². The maximum Gasteiger partial charge on any atom is 0.219 e. The first-order valence-corrected chi connectivity index (χ1v) is 11.1. The lowest BCUT2D eigenvalue weighted by Gasteiger charge is -2.32. The van der Waals surface area contributed by atoms with E-state index in [-0.39, 0.29) is 34.1 Å². The molecule has 8 nitrogen and oxygen atoms in total. The van der Waals surface area contributed by atoms with Crippen LogP contribution in [-0.4, -0.2) is 62.6 Å². The number of nitrogens with zero attached hydrogens (tertiary/aromatic N) is 4. The van der Waals surface area contributed by atoms with Gasteiger partial charge in [-0.05, 0) is 6.07 Å². The minimum Gasteiger partial charge on any atom is -0.481 e. The highest BCUT2D eigenvalue weighted by molar-refractivity contribution is 7.98. The molecule has 1 amide bonds. The zero-order chi connectivity index (χ0) is 21.7. The number of methoxy groups -OCH3 is 1. The number of benzene rings is 1. The van der Waals surface area contributed by atoms with Crippen molar-refractivity contribution in [1.29, 1.82) is 0 Å². The molecule has 1 N–H and O–H groups in total. The van der Waals surface area contributed by atoms with E-state index in [1.807, 2.05) is 0 Å². The van der Waals surface area contributed by atoms with Crippen molar-refractivity contribution in [3.63, 3.8) is 0 Å². The average Bonchev–Trinajstić information content (AvgIpc) is 2.74. The van der Waals surface area contributed by atoms with E-state index in [9.17, 15) is 17.8 Å². The molecule has 1 aromatic carbocycles. The normalized spacial score (nSPS) is 15.7. The zero-order valence-electron chi connectivity index (χ0n) is 16.4. The Bertz CT molecular complexity index is 942. The van der Waals surface area contributed by atoms with E-state index in [0.29, 0.717) is 26.2 Å². The third-order valence-electron chi connectivity index (χ3n) is 4.39. The lowest BCUT2D eigenvalue weighted by Crippen LogP contribution is -2.49. The molecule has 12 heteroatoms. The van der Waals surface area contributed by atoms with Crippen LogP contribution in [0.3, 0.4) is 0 Å². The fraction of sp³-hybridized carbons (Fsp3) is 0.389. The van der Waals surface area contributed by atoms with Gasteiger partial charge in [-0.25, -0.2) is 22.3 Å². The molecule has 0 aliphatic carbocycles. The van der Waals surface area contributed by atoms with Crippen molar-refractivity contribution in [2.45, 2.75) is 17.8 Å². The number of rotatable bonds is 7. The van der Waals surface area contributed by atoms with E-state index in [1.54, 1.807) is 9.21 Å². The van der Waals surface area contributed by atoms with Crippen LogP contribution in [0.5, 0.6) is 5.88 Å². The molecule has 1 saturated heterocycles. The van der Waals surface area contributed by atoms with Crippen molar-refractivity contribution in [3.8, 4) is 5.88 Å². The van der Waals surface area contributed by atoms with Gasteiger partial charge in [0, 0.05) is 50.5 Å². The van der Waals surface area contributed by atoms with Gasteiger partial charge in [0.2, 0.25) is 11.8 Å². The zero-order valence-corrected chi connectivity index (χ0v) is 18.1. The molecule has 1 atom stereocenters. The molecule has 1 unspecified atom stereocenters. The first kappa shape index (κ1) is 22.4.